The SMILES string of the molecule is NCC#Cc1cn(C2CO[C@H](COP(=O)(O)OP(=O)(O)OP(=O)(O)O)[C@@H]2OCS)c(=O)[nH]c1=O. The number of aromatic nitrogens is 2. The average molecular weight is 567 g/mol. The van der Waals surface area contributed by atoms with E-state index in [1.807, 2.05) is 0 Å². The van der Waals surface area contributed by atoms with Gasteiger partial charge in [-0.25, -0.2) is 18.5 Å². The number of ether oxygens (including phenoxy) is 2. The minimum absolute atomic E-state index is 0.0425. The van der Waals surface area contributed by atoms with Gasteiger partial charge in [-0.3, -0.25) is 18.9 Å². The fraction of sp³-hybridized carbons (Fsp3) is 0.538. The van der Waals surface area contributed by atoms with Crippen molar-refractivity contribution in [2.24, 2.45) is 5.73 Å². The number of rotatable bonds is 10. The molecule has 0 amide bonds. The molecule has 1 aliphatic rings. The molecular formula is C13H20N3O14P3S. The Balaban J connectivity index is 2.20. The summed E-state index contributed by atoms with van der Waals surface area (Å²) >= 11 is 3.93. The summed E-state index contributed by atoms with van der Waals surface area (Å²) in [6, 6.07) is -0.899. The van der Waals surface area contributed by atoms with Gasteiger partial charge in [-0.2, -0.15) is 21.3 Å². The lowest BCUT2D eigenvalue weighted by Gasteiger charge is -2.24. The van der Waals surface area contributed by atoms with E-state index < -0.39 is 59.6 Å². The number of phosphoric ester groups is 1. The molecule has 0 saturated carbocycles. The lowest BCUT2D eigenvalue weighted by Crippen LogP contribution is -2.40. The van der Waals surface area contributed by atoms with Crippen molar-refractivity contribution in [2.45, 2.75) is 18.2 Å². The van der Waals surface area contributed by atoms with E-state index in [9.17, 15) is 33.1 Å². The van der Waals surface area contributed by atoms with Crippen molar-refractivity contribution < 1.29 is 55.9 Å². The minimum atomic E-state index is -5.70. The first kappa shape index (κ1) is 29.1. The van der Waals surface area contributed by atoms with Crippen LogP contribution in [0.5, 0.6) is 0 Å². The molecule has 1 fully saturated rings. The van der Waals surface area contributed by atoms with Crippen molar-refractivity contribution in [1.82, 2.24) is 9.55 Å². The number of aromatic amines is 1. The van der Waals surface area contributed by atoms with Crippen LogP contribution in [0, 0.1) is 11.8 Å². The molecule has 7 N–H and O–H groups in total. The van der Waals surface area contributed by atoms with Gasteiger partial charge in [-0.1, -0.05) is 11.8 Å². The molecular weight excluding hydrogens is 547 g/mol. The van der Waals surface area contributed by atoms with Gasteiger partial charge in [0.05, 0.1) is 31.7 Å². The molecule has 0 radical (unpaired) electrons. The molecule has 5 atom stereocenters. The first-order valence-electron chi connectivity index (χ1n) is 8.85. The zero-order valence-corrected chi connectivity index (χ0v) is 20.4. The monoisotopic (exact) mass is 567 g/mol. The van der Waals surface area contributed by atoms with E-state index in [1.165, 1.54) is 0 Å². The Morgan fingerprint density at radius 2 is 1.88 bits per heavy atom. The van der Waals surface area contributed by atoms with Crippen LogP contribution in [0.2, 0.25) is 0 Å². The van der Waals surface area contributed by atoms with Gasteiger partial charge < -0.3 is 34.8 Å². The van der Waals surface area contributed by atoms with Gasteiger partial charge >= 0.3 is 29.2 Å². The van der Waals surface area contributed by atoms with Crippen LogP contribution in [0.4, 0.5) is 0 Å². The third-order valence-corrected chi connectivity index (χ3v) is 7.91. The predicted molar refractivity (Wildman–Crippen MR) is 115 cm³/mol. The molecule has 1 saturated heterocycles. The quantitative estimate of drug-likeness (QED) is 0.0727. The molecule has 0 aromatic carbocycles. The van der Waals surface area contributed by atoms with Gasteiger partial charge in [0.15, 0.2) is 0 Å². The first-order chi connectivity index (χ1) is 15.7. The van der Waals surface area contributed by atoms with Crippen LogP contribution in [0.3, 0.4) is 0 Å². The Kier molecular flexibility index (Phi) is 10.1. The molecule has 0 aliphatic carbocycles. The van der Waals surface area contributed by atoms with E-state index in [-0.39, 0.29) is 24.7 Å². The van der Waals surface area contributed by atoms with Crippen LogP contribution in [-0.4, -0.2) is 67.0 Å². The molecule has 2 heterocycles. The number of thiol groups is 1. The highest BCUT2D eigenvalue weighted by Gasteiger charge is 2.44. The Morgan fingerprint density at radius 3 is 2.47 bits per heavy atom. The normalized spacial score (nSPS) is 24.1. The summed E-state index contributed by atoms with van der Waals surface area (Å²) in [5.74, 6) is 4.77. The molecule has 2 rings (SSSR count). The van der Waals surface area contributed by atoms with Crippen molar-refractivity contribution in [2.75, 3.05) is 25.7 Å². The van der Waals surface area contributed by atoms with Crippen molar-refractivity contribution in [3.63, 3.8) is 0 Å². The molecule has 3 unspecified atom stereocenters. The second-order valence-corrected chi connectivity index (χ2v) is 11.0. The van der Waals surface area contributed by atoms with Crippen LogP contribution in [0.1, 0.15) is 11.6 Å². The topological polar surface area (TPSA) is 259 Å². The summed E-state index contributed by atoms with van der Waals surface area (Å²) in [5.41, 5.74) is 3.62. The summed E-state index contributed by atoms with van der Waals surface area (Å²) in [7, 11) is -16.7. The number of nitrogens with zero attached hydrogens (tertiary/aromatic N) is 1. The second-order valence-electron chi connectivity index (χ2n) is 6.30. The maximum atomic E-state index is 12.3. The molecule has 21 heteroatoms. The number of nitrogens with two attached hydrogens (primary N) is 1. The third-order valence-electron chi connectivity index (χ3n) is 3.96. The molecule has 1 aliphatic heterocycles. The number of nitrogens with one attached hydrogen (secondary N) is 1. The molecule has 1 aromatic rings. The Morgan fingerprint density at radius 1 is 1.21 bits per heavy atom. The number of H-pyrrole nitrogens is 1. The highest BCUT2D eigenvalue weighted by Crippen LogP contribution is 2.66. The number of phosphoric acid groups is 3. The highest BCUT2D eigenvalue weighted by molar-refractivity contribution is 7.80. The van der Waals surface area contributed by atoms with Gasteiger partial charge in [0.2, 0.25) is 0 Å². The van der Waals surface area contributed by atoms with E-state index in [4.69, 9.17) is 25.0 Å². The predicted octanol–water partition coefficient (Wildman–Crippen LogP) is -1.60. The fourth-order valence-corrected chi connectivity index (χ4v) is 5.99. The van der Waals surface area contributed by atoms with Crippen molar-refractivity contribution in [3.8, 4) is 11.8 Å². The first-order valence-corrected chi connectivity index (χ1v) is 14.0. The summed E-state index contributed by atoms with van der Waals surface area (Å²) < 4.78 is 57.8. The molecule has 34 heavy (non-hydrogen) atoms. The largest absolute Gasteiger partial charge is 0.490 e. The lowest BCUT2D eigenvalue weighted by molar-refractivity contribution is -0.0228. The van der Waals surface area contributed by atoms with Crippen LogP contribution < -0.4 is 17.0 Å². The van der Waals surface area contributed by atoms with Crippen LogP contribution in [0.25, 0.3) is 0 Å². The standard InChI is InChI=1S/C13H20N3O14P3S/c14-3-1-2-8-4-16(13(18)15-12(8)17)9-5-26-10(11(9)27-7-34)6-28-32(22,23)30-33(24,25)29-31(19,20)21/h4,9-11,34H,3,5-7,14H2,(H,22,23)(H,24,25)(H,15,17,18)(H2,19,20,21)/t9?,10-,11-/m1/s1. The Bertz CT molecular complexity index is 1200. The molecule has 17 nitrogen and oxygen atoms in total. The second kappa shape index (κ2) is 11.7. The van der Waals surface area contributed by atoms with Gasteiger partial charge in [0.25, 0.3) is 5.56 Å². The molecule has 0 bridgehead atoms. The number of hydrogen-bond acceptors (Lipinski definition) is 12. The Labute approximate surface area is 196 Å². The minimum Gasteiger partial charge on any atom is -0.371 e. The van der Waals surface area contributed by atoms with E-state index in [1.54, 1.807) is 0 Å². The van der Waals surface area contributed by atoms with Crippen molar-refractivity contribution in [3.05, 3.63) is 32.6 Å². The zero-order valence-electron chi connectivity index (χ0n) is 16.8. The molecule has 0 spiro atoms. The van der Waals surface area contributed by atoms with Gasteiger partial charge in [0.1, 0.15) is 17.8 Å². The van der Waals surface area contributed by atoms with Crippen LogP contribution in [-0.2, 0) is 36.3 Å². The Hall–Kier alpha value is -1.12. The van der Waals surface area contributed by atoms with Crippen molar-refractivity contribution in [1.29, 1.82) is 0 Å². The summed E-state index contributed by atoms with van der Waals surface area (Å²) in [6.45, 7) is -1.06. The van der Waals surface area contributed by atoms with Gasteiger partial charge in [-0.15, -0.1) is 0 Å². The summed E-state index contributed by atoms with van der Waals surface area (Å²) in [5, 5.41) is 0. The smallest absolute Gasteiger partial charge is 0.371 e. The third kappa shape index (κ3) is 8.52. The molecule has 1 aromatic heterocycles. The summed E-state index contributed by atoms with van der Waals surface area (Å²) in [6.07, 6.45) is -1.07. The van der Waals surface area contributed by atoms with Gasteiger partial charge in [-0.05, 0) is 0 Å². The van der Waals surface area contributed by atoms with Crippen molar-refractivity contribution >= 4 is 36.1 Å². The van der Waals surface area contributed by atoms with Gasteiger partial charge in [0, 0.05) is 6.20 Å². The maximum Gasteiger partial charge on any atom is 0.490 e. The molecule has 192 valence electrons. The summed E-state index contributed by atoms with van der Waals surface area (Å²) in [4.78, 5) is 62.2. The fourth-order valence-electron chi connectivity index (χ4n) is 2.78. The van der Waals surface area contributed by atoms with E-state index in [0.717, 1.165) is 10.8 Å². The maximum absolute atomic E-state index is 12.3. The highest BCUT2D eigenvalue weighted by atomic mass is 32.1. The van der Waals surface area contributed by atoms with Crippen LogP contribution >= 0.6 is 36.1 Å². The van der Waals surface area contributed by atoms with E-state index in [2.05, 4.69) is 42.6 Å². The average Bonchev–Trinajstić information content (AvgIpc) is 3.06. The van der Waals surface area contributed by atoms with E-state index in [0.29, 0.717) is 0 Å². The zero-order chi connectivity index (χ0) is 25.7. The van der Waals surface area contributed by atoms with E-state index >= 15 is 0 Å². The number of hydrogen-bond donors (Lipinski definition) is 7. The van der Waals surface area contributed by atoms with Crippen LogP contribution in [0.15, 0.2) is 15.8 Å². The lowest BCUT2D eigenvalue weighted by atomic mass is 10.1.